The molecule has 1 fully saturated rings. The van der Waals surface area contributed by atoms with Crippen molar-refractivity contribution >= 4 is 15.6 Å². The van der Waals surface area contributed by atoms with Crippen molar-refractivity contribution in [3.63, 3.8) is 0 Å². The maximum atomic E-state index is 13.9. The fourth-order valence-electron chi connectivity index (χ4n) is 3.31. The monoisotopic (exact) mass is 339 g/mol. The van der Waals surface area contributed by atoms with Crippen molar-refractivity contribution in [3.8, 4) is 0 Å². The second-order valence-electron chi connectivity index (χ2n) is 6.35. The van der Waals surface area contributed by atoms with Gasteiger partial charge in [-0.05, 0) is 37.3 Å². The lowest BCUT2D eigenvalue weighted by Gasteiger charge is -2.28. The van der Waals surface area contributed by atoms with Crippen LogP contribution in [0, 0.1) is 11.7 Å². The first-order valence-corrected chi connectivity index (χ1v) is 9.60. The van der Waals surface area contributed by atoms with Gasteiger partial charge in [0.1, 0.15) is 5.82 Å². The average Bonchev–Trinajstić information content (AvgIpc) is 2.98. The minimum absolute atomic E-state index is 0.120. The maximum Gasteiger partial charge on any atom is 0.214 e. The lowest BCUT2D eigenvalue weighted by atomic mass is 9.98. The van der Waals surface area contributed by atoms with Crippen molar-refractivity contribution in [2.75, 3.05) is 25.4 Å². The van der Waals surface area contributed by atoms with E-state index in [2.05, 4.69) is 0 Å². The lowest BCUT2D eigenvalue weighted by molar-refractivity contribution is 0.00735. The smallest absolute Gasteiger partial charge is 0.214 e. The molecule has 126 valence electrons. The molecule has 4 nitrogen and oxygen atoms in total. The molecule has 0 radical (unpaired) electrons. The van der Waals surface area contributed by atoms with E-state index in [9.17, 15) is 12.8 Å². The number of sulfonamides is 1. The second kappa shape index (κ2) is 6.71. The van der Waals surface area contributed by atoms with E-state index in [1.165, 1.54) is 10.4 Å². The first kappa shape index (κ1) is 16.6. The number of ether oxygens (including phenoxy) is 1. The van der Waals surface area contributed by atoms with Gasteiger partial charge in [-0.2, -0.15) is 4.31 Å². The fourth-order valence-corrected chi connectivity index (χ4v) is 5.05. The highest BCUT2D eigenvalue weighted by Crippen LogP contribution is 2.28. The highest BCUT2D eigenvalue weighted by molar-refractivity contribution is 7.89. The van der Waals surface area contributed by atoms with Crippen molar-refractivity contribution in [2.24, 2.45) is 5.92 Å². The predicted molar refractivity (Wildman–Crippen MR) is 87.9 cm³/mol. The summed E-state index contributed by atoms with van der Waals surface area (Å²) in [6.07, 6.45) is 3.49. The third kappa shape index (κ3) is 3.82. The average molecular weight is 339 g/mol. The summed E-state index contributed by atoms with van der Waals surface area (Å²) in [7, 11) is -3.33. The van der Waals surface area contributed by atoms with Gasteiger partial charge in [0.2, 0.25) is 10.0 Å². The molecule has 2 aliphatic heterocycles. The summed E-state index contributed by atoms with van der Waals surface area (Å²) in [6.45, 7) is 3.18. The second-order valence-corrected chi connectivity index (χ2v) is 8.37. The Morgan fingerprint density at radius 3 is 2.87 bits per heavy atom. The van der Waals surface area contributed by atoms with E-state index in [1.54, 1.807) is 18.2 Å². The minimum Gasteiger partial charge on any atom is -0.378 e. The maximum absolute atomic E-state index is 13.9. The third-order valence-corrected chi connectivity index (χ3v) is 6.50. The van der Waals surface area contributed by atoms with Gasteiger partial charge in [0.25, 0.3) is 0 Å². The molecule has 1 aromatic rings. The lowest BCUT2D eigenvalue weighted by Crippen LogP contribution is -2.36. The highest BCUT2D eigenvalue weighted by atomic mass is 32.2. The van der Waals surface area contributed by atoms with Gasteiger partial charge in [0, 0.05) is 25.3 Å². The molecular formula is C17H22FNO3S. The van der Waals surface area contributed by atoms with Crippen molar-refractivity contribution in [1.29, 1.82) is 0 Å². The van der Waals surface area contributed by atoms with Crippen molar-refractivity contribution in [2.45, 2.75) is 25.9 Å². The quantitative estimate of drug-likeness (QED) is 0.847. The van der Waals surface area contributed by atoms with Gasteiger partial charge in [-0.25, -0.2) is 12.8 Å². The molecular weight excluding hydrogens is 317 g/mol. The highest BCUT2D eigenvalue weighted by Gasteiger charge is 2.31. The summed E-state index contributed by atoms with van der Waals surface area (Å²) in [4.78, 5) is 0. The van der Waals surface area contributed by atoms with Crippen LogP contribution in [0.1, 0.15) is 25.3 Å². The molecule has 2 aliphatic rings. The van der Waals surface area contributed by atoms with Crippen LogP contribution in [-0.4, -0.2) is 44.3 Å². The van der Waals surface area contributed by atoms with Gasteiger partial charge in [-0.1, -0.05) is 24.3 Å². The minimum atomic E-state index is -3.33. The molecule has 23 heavy (non-hydrogen) atoms. The van der Waals surface area contributed by atoms with Gasteiger partial charge in [-0.15, -0.1) is 0 Å². The van der Waals surface area contributed by atoms with Crippen LogP contribution in [0.3, 0.4) is 0 Å². The number of benzene rings is 1. The Morgan fingerprint density at radius 2 is 2.13 bits per heavy atom. The topological polar surface area (TPSA) is 46.6 Å². The molecule has 0 amide bonds. The van der Waals surface area contributed by atoms with Crippen LogP contribution >= 0.6 is 0 Å². The summed E-state index contributed by atoms with van der Waals surface area (Å²) in [5, 5.41) is 0. The van der Waals surface area contributed by atoms with Gasteiger partial charge in [0.05, 0.1) is 11.9 Å². The summed E-state index contributed by atoms with van der Waals surface area (Å²) >= 11 is 0. The molecule has 6 heteroatoms. The molecule has 3 rings (SSSR count). The first-order chi connectivity index (χ1) is 11.0. The van der Waals surface area contributed by atoms with E-state index in [0.717, 1.165) is 18.4 Å². The molecule has 2 unspecified atom stereocenters. The Bertz CT molecular complexity index is 702. The van der Waals surface area contributed by atoms with E-state index in [-0.39, 0.29) is 30.1 Å². The molecule has 0 aliphatic carbocycles. The largest absolute Gasteiger partial charge is 0.378 e. The normalized spacial score (nSPS) is 26.3. The molecule has 0 N–H and O–H groups in total. The van der Waals surface area contributed by atoms with Crippen LogP contribution in [0.15, 0.2) is 30.3 Å². The van der Waals surface area contributed by atoms with E-state index >= 15 is 0 Å². The van der Waals surface area contributed by atoms with Crippen LogP contribution in [0.25, 0.3) is 5.57 Å². The number of rotatable bonds is 4. The standard InChI is InChI=1S/C17H22FNO3S/c1-13-10-14(7-9-22-13)12-23(20,21)19-8-6-15(11-19)16-4-2-3-5-17(16)18/h2-6,13-14H,7-12H2,1H3. The fraction of sp³-hybridized carbons (Fsp3) is 0.529. The number of nitrogens with zero attached hydrogens (tertiary/aromatic N) is 1. The molecule has 1 aromatic carbocycles. The summed E-state index contributed by atoms with van der Waals surface area (Å²) in [5.41, 5.74) is 1.23. The molecule has 1 saturated heterocycles. The molecule has 0 spiro atoms. The Hall–Kier alpha value is -1.24. The molecule has 0 aromatic heterocycles. The van der Waals surface area contributed by atoms with Gasteiger partial charge in [0.15, 0.2) is 0 Å². The van der Waals surface area contributed by atoms with Gasteiger partial charge >= 0.3 is 0 Å². The van der Waals surface area contributed by atoms with Crippen LogP contribution in [0.2, 0.25) is 0 Å². The molecule has 2 heterocycles. The first-order valence-electron chi connectivity index (χ1n) is 7.99. The molecule has 2 atom stereocenters. The van der Waals surface area contributed by atoms with Crippen molar-refractivity contribution in [3.05, 3.63) is 41.7 Å². The molecule has 0 bridgehead atoms. The van der Waals surface area contributed by atoms with E-state index in [0.29, 0.717) is 18.7 Å². The number of hydrogen-bond donors (Lipinski definition) is 0. The number of hydrogen-bond acceptors (Lipinski definition) is 3. The summed E-state index contributed by atoms with van der Waals surface area (Å²) in [5.74, 6) is -0.0171. The number of halogens is 1. The Morgan fingerprint density at radius 1 is 1.35 bits per heavy atom. The zero-order chi connectivity index (χ0) is 16.4. The summed E-state index contributed by atoms with van der Waals surface area (Å²) in [6, 6.07) is 6.49. The third-order valence-electron chi connectivity index (χ3n) is 4.54. The van der Waals surface area contributed by atoms with Crippen LogP contribution in [0.4, 0.5) is 4.39 Å². The Kier molecular flexibility index (Phi) is 4.85. The van der Waals surface area contributed by atoms with Crippen molar-refractivity contribution in [1.82, 2.24) is 4.31 Å². The van der Waals surface area contributed by atoms with E-state index in [1.807, 2.05) is 13.0 Å². The van der Waals surface area contributed by atoms with E-state index < -0.39 is 10.0 Å². The van der Waals surface area contributed by atoms with Crippen LogP contribution in [-0.2, 0) is 14.8 Å². The predicted octanol–water partition coefficient (Wildman–Crippen LogP) is 2.67. The van der Waals surface area contributed by atoms with Crippen molar-refractivity contribution < 1.29 is 17.5 Å². The Labute approximate surface area is 137 Å². The van der Waals surface area contributed by atoms with Gasteiger partial charge < -0.3 is 4.74 Å². The zero-order valence-electron chi connectivity index (χ0n) is 13.2. The van der Waals surface area contributed by atoms with Crippen LogP contribution in [0.5, 0.6) is 0 Å². The molecule has 0 saturated carbocycles. The van der Waals surface area contributed by atoms with Crippen LogP contribution < -0.4 is 0 Å². The van der Waals surface area contributed by atoms with Gasteiger partial charge in [-0.3, -0.25) is 0 Å². The van der Waals surface area contributed by atoms with E-state index in [4.69, 9.17) is 4.74 Å². The summed E-state index contributed by atoms with van der Waals surface area (Å²) < 4.78 is 46.0. The SMILES string of the molecule is CC1CC(CS(=O)(=O)N2CC=C(c3ccccc3F)C2)CCO1. The zero-order valence-corrected chi connectivity index (χ0v) is 14.1. The Balaban J connectivity index is 1.66.